The lowest BCUT2D eigenvalue weighted by molar-refractivity contribution is -0.114. The average molecular weight is 483 g/mol. The van der Waals surface area contributed by atoms with Crippen LogP contribution >= 0.6 is 0 Å². The zero-order valence-corrected chi connectivity index (χ0v) is 20.3. The van der Waals surface area contributed by atoms with E-state index >= 15 is 0 Å². The molecule has 36 heavy (non-hydrogen) atoms. The van der Waals surface area contributed by atoms with Gasteiger partial charge >= 0.3 is 0 Å². The second-order valence-electron chi connectivity index (χ2n) is 9.29. The Morgan fingerprint density at radius 2 is 1.72 bits per heavy atom. The van der Waals surface area contributed by atoms with E-state index in [1.807, 2.05) is 66.7 Å². The third kappa shape index (κ3) is 5.54. The smallest absolute Gasteiger partial charge is 0.251 e. The minimum Gasteiger partial charge on any atom is -0.352 e. The van der Waals surface area contributed by atoms with Crippen molar-refractivity contribution in [1.29, 1.82) is 0 Å². The molecule has 1 aliphatic carbocycles. The zero-order chi connectivity index (χ0) is 24.9. The lowest BCUT2D eigenvalue weighted by Crippen LogP contribution is -2.30. The number of carbonyl (C=O) groups is 2. The van der Waals surface area contributed by atoms with Crippen LogP contribution in [0.5, 0.6) is 0 Å². The van der Waals surface area contributed by atoms with E-state index in [4.69, 9.17) is 0 Å². The maximum atomic E-state index is 12.5. The molecule has 0 radical (unpaired) electrons. The SMILES string of the molecule is CC(=O)Nc1cccc(-c2cccc3nc(Nc4ccc(C(=O)NCC5CCCCC5)cc4)nn23)c1. The molecule has 1 fully saturated rings. The van der Waals surface area contributed by atoms with Gasteiger partial charge in [0.15, 0.2) is 5.65 Å². The van der Waals surface area contributed by atoms with Gasteiger partial charge in [0.05, 0.1) is 5.69 Å². The molecule has 2 aromatic carbocycles. The first kappa shape index (κ1) is 23.5. The zero-order valence-electron chi connectivity index (χ0n) is 20.3. The molecular weight excluding hydrogens is 452 g/mol. The van der Waals surface area contributed by atoms with E-state index < -0.39 is 0 Å². The van der Waals surface area contributed by atoms with E-state index in [0.717, 1.165) is 29.2 Å². The van der Waals surface area contributed by atoms with Gasteiger partial charge in [-0.15, -0.1) is 5.10 Å². The predicted octanol–water partition coefficient (Wildman–Crippen LogP) is 5.41. The standard InChI is InChI=1S/C28H30N6O2/c1-19(35)30-24-10-5-9-22(17-24)25-11-6-12-26-32-28(33-34(25)26)31-23-15-13-21(14-16-23)27(36)29-18-20-7-3-2-4-8-20/h5-6,9-17,20H,2-4,7-8,18H2,1H3,(H,29,36)(H,30,35)(H,31,33). The summed E-state index contributed by atoms with van der Waals surface area (Å²) in [6.07, 6.45) is 6.26. The van der Waals surface area contributed by atoms with Crippen molar-refractivity contribution < 1.29 is 9.59 Å². The molecule has 2 amide bonds. The van der Waals surface area contributed by atoms with Crippen LogP contribution in [0.4, 0.5) is 17.3 Å². The molecule has 4 aromatic rings. The van der Waals surface area contributed by atoms with E-state index in [-0.39, 0.29) is 11.8 Å². The Kier molecular flexibility index (Phi) is 6.93. The first-order valence-electron chi connectivity index (χ1n) is 12.4. The summed E-state index contributed by atoms with van der Waals surface area (Å²) in [5.41, 5.74) is 4.61. The van der Waals surface area contributed by atoms with Crippen LogP contribution in [0.25, 0.3) is 16.9 Å². The predicted molar refractivity (Wildman–Crippen MR) is 141 cm³/mol. The Labute approximate surface area is 210 Å². The van der Waals surface area contributed by atoms with E-state index in [1.54, 1.807) is 4.52 Å². The van der Waals surface area contributed by atoms with Crippen LogP contribution in [0, 0.1) is 5.92 Å². The van der Waals surface area contributed by atoms with Crippen LogP contribution in [0.15, 0.2) is 66.7 Å². The van der Waals surface area contributed by atoms with E-state index in [2.05, 4.69) is 26.0 Å². The minimum atomic E-state index is -0.120. The van der Waals surface area contributed by atoms with Gasteiger partial charge in [-0.3, -0.25) is 9.59 Å². The van der Waals surface area contributed by atoms with Crippen LogP contribution in [-0.4, -0.2) is 33.0 Å². The summed E-state index contributed by atoms with van der Waals surface area (Å²) in [6.45, 7) is 2.24. The second-order valence-corrected chi connectivity index (χ2v) is 9.29. The Hall–Kier alpha value is -4.20. The quantitative estimate of drug-likeness (QED) is 0.327. The highest BCUT2D eigenvalue weighted by Crippen LogP contribution is 2.25. The number of pyridine rings is 1. The largest absolute Gasteiger partial charge is 0.352 e. The third-order valence-electron chi connectivity index (χ3n) is 6.52. The number of benzene rings is 2. The number of anilines is 3. The first-order valence-corrected chi connectivity index (χ1v) is 12.4. The van der Waals surface area contributed by atoms with Crippen LogP contribution in [-0.2, 0) is 4.79 Å². The fourth-order valence-electron chi connectivity index (χ4n) is 4.70. The van der Waals surface area contributed by atoms with Crippen molar-refractivity contribution in [3.63, 3.8) is 0 Å². The van der Waals surface area contributed by atoms with Crippen molar-refractivity contribution in [2.75, 3.05) is 17.2 Å². The van der Waals surface area contributed by atoms with Gasteiger partial charge in [0.25, 0.3) is 5.91 Å². The third-order valence-corrected chi connectivity index (χ3v) is 6.52. The molecule has 1 saturated carbocycles. The van der Waals surface area contributed by atoms with Gasteiger partial charge in [-0.2, -0.15) is 4.98 Å². The topological polar surface area (TPSA) is 100 Å². The van der Waals surface area contributed by atoms with E-state index in [0.29, 0.717) is 23.1 Å². The molecule has 8 heteroatoms. The van der Waals surface area contributed by atoms with Crippen LogP contribution < -0.4 is 16.0 Å². The molecule has 184 valence electrons. The molecule has 2 aromatic heterocycles. The Morgan fingerprint density at radius 1 is 0.944 bits per heavy atom. The lowest BCUT2D eigenvalue weighted by atomic mass is 9.89. The summed E-state index contributed by atoms with van der Waals surface area (Å²) in [6, 6.07) is 20.7. The number of amides is 2. The molecule has 8 nitrogen and oxygen atoms in total. The number of nitrogens with one attached hydrogen (secondary N) is 3. The highest BCUT2D eigenvalue weighted by Gasteiger charge is 2.15. The Morgan fingerprint density at radius 3 is 2.50 bits per heavy atom. The van der Waals surface area contributed by atoms with Gasteiger partial charge in [0.2, 0.25) is 11.9 Å². The van der Waals surface area contributed by atoms with Crippen molar-refractivity contribution in [2.45, 2.75) is 39.0 Å². The summed E-state index contributed by atoms with van der Waals surface area (Å²) >= 11 is 0. The fourth-order valence-corrected chi connectivity index (χ4v) is 4.70. The summed E-state index contributed by atoms with van der Waals surface area (Å²) in [5.74, 6) is 0.895. The number of fused-ring (bicyclic) bond motifs is 1. The van der Waals surface area contributed by atoms with Crippen LogP contribution in [0.2, 0.25) is 0 Å². The number of rotatable bonds is 7. The Bertz CT molecular complexity index is 1370. The second kappa shape index (κ2) is 10.6. The number of aromatic nitrogens is 3. The van der Waals surface area contributed by atoms with Crippen molar-refractivity contribution in [3.8, 4) is 11.3 Å². The maximum Gasteiger partial charge on any atom is 0.251 e. The maximum absolute atomic E-state index is 12.5. The molecule has 0 unspecified atom stereocenters. The summed E-state index contributed by atoms with van der Waals surface area (Å²) in [5, 5.41) is 13.8. The number of carbonyl (C=O) groups excluding carboxylic acids is 2. The highest BCUT2D eigenvalue weighted by molar-refractivity contribution is 5.94. The van der Waals surface area contributed by atoms with Crippen molar-refractivity contribution in [3.05, 3.63) is 72.3 Å². The molecule has 1 aliphatic rings. The minimum absolute atomic E-state index is 0.0379. The van der Waals surface area contributed by atoms with Crippen molar-refractivity contribution in [1.82, 2.24) is 19.9 Å². The van der Waals surface area contributed by atoms with Gasteiger partial charge in [-0.1, -0.05) is 37.5 Å². The lowest BCUT2D eigenvalue weighted by Gasteiger charge is -2.21. The highest BCUT2D eigenvalue weighted by atomic mass is 16.2. The molecule has 0 bridgehead atoms. The van der Waals surface area contributed by atoms with Crippen LogP contribution in [0.1, 0.15) is 49.4 Å². The van der Waals surface area contributed by atoms with Crippen molar-refractivity contribution >= 4 is 34.8 Å². The van der Waals surface area contributed by atoms with E-state index in [1.165, 1.54) is 39.0 Å². The molecule has 2 heterocycles. The van der Waals surface area contributed by atoms with Gasteiger partial charge < -0.3 is 16.0 Å². The summed E-state index contributed by atoms with van der Waals surface area (Å²) in [7, 11) is 0. The van der Waals surface area contributed by atoms with Gasteiger partial charge in [-0.25, -0.2) is 4.52 Å². The molecular formula is C28H30N6O2. The number of nitrogens with zero attached hydrogens (tertiary/aromatic N) is 3. The monoisotopic (exact) mass is 482 g/mol. The molecule has 0 saturated heterocycles. The Balaban J connectivity index is 1.28. The molecule has 0 aliphatic heterocycles. The van der Waals surface area contributed by atoms with Gasteiger partial charge in [0.1, 0.15) is 0 Å². The number of hydrogen-bond acceptors (Lipinski definition) is 5. The first-order chi connectivity index (χ1) is 17.5. The summed E-state index contributed by atoms with van der Waals surface area (Å²) in [4.78, 5) is 28.6. The van der Waals surface area contributed by atoms with E-state index in [9.17, 15) is 9.59 Å². The average Bonchev–Trinajstić information content (AvgIpc) is 3.30. The molecule has 0 atom stereocenters. The van der Waals surface area contributed by atoms with Gasteiger partial charge in [-0.05, 0) is 67.3 Å². The summed E-state index contributed by atoms with van der Waals surface area (Å²) < 4.78 is 1.77. The molecule has 3 N–H and O–H groups in total. The van der Waals surface area contributed by atoms with Gasteiger partial charge in [0, 0.05) is 36.0 Å². The van der Waals surface area contributed by atoms with Crippen molar-refractivity contribution in [2.24, 2.45) is 5.92 Å². The fraction of sp³-hybridized carbons (Fsp3) is 0.286. The normalized spacial score (nSPS) is 13.9. The molecule has 5 rings (SSSR count). The molecule has 0 spiro atoms. The van der Waals surface area contributed by atoms with Crippen LogP contribution in [0.3, 0.4) is 0 Å². The number of hydrogen-bond donors (Lipinski definition) is 3.